The van der Waals surface area contributed by atoms with Crippen LogP contribution in [0, 0.1) is 0 Å². The normalized spacial score (nSPS) is 25.6. The van der Waals surface area contributed by atoms with Gasteiger partial charge in [-0.2, -0.15) is 0 Å². The second kappa shape index (κ2) is 7.66. The number of aliphatic imine (C=N–C) groups is 1. The zero-order chi connectivity index (χ0) is 16.9. The number of hydrogen-bond donors (Lipinski definition) is 3. The first kappa shape index (κ1) is 16.8. The Labute approximate surface area is 143 Å². The van der Waals surface area contributed by atoms with Crippen LogP contribution in [0.1, 0.15) is 31.7 Å². The third-order valence-corrected chi connectivity index (χ3v) is 4.69. The summed E-state index contributed by atoms with van der Waals surface area (Å²) < 4.78 is 5.83. The number of nitrogens with zero attached hydrogens (tertiary/aromatic N) is 1. The Kier molecular flexibility index (Phi) is 5.35. The lowest BCUT2D eigenvalue weighted by molar-refractivity contribution is -0.115. The first-order valence-electron chi connectivity index (χ1n) is 8.69. The molecule has 1 amide bonds. The van der Waals surface area contributed by atoms with Crippen LogP contribution in [0.2, 0.25) is 0 Å². The van der Waals surface area contributed by atoms with E-state index in [1.54, 1.807) is 7.05 Å². The highest BCUT2D eigenvalue weighted by atomic mass is 16.5. The second-order valence-electron chi connectivity index (χ2n) is 6.39. The zero-order valence-corrected chi connectivity index (χ0v) is 14.3. The van der Waals surface area contributed by atoms with Gasteiger partial charge in [0.15, 0.2) is 5.96 Å². The fourth-order valence-electron chi connectivity index (χ4n) is 3.40. The lowest BCUT2D eigenvalue weighted by Crippen LogP contribution is -2.49. The number of aryl methyl sites for hydroxylation is 1. The third kappa shape index (κ3) is 4.06. The summed E-state index contributed by atoms with van der Waals surface area (Å²) in [5.41, 5.74) is 2.03. The molecule has 0 aromatic heterocycles. The van der Waals surface area contributed by atoms with Gasteiger partial charge in [-0.25, -0.2) is 0 Å². The van der Waals surface area contributed by atoms with Gasteiger partial charge < -0.3 is 20.7 Å². The minimum absolute atomic E-state index is 0.0876. The summed E-state index contributed by atoms with van der Waals surface area (Å²) in [6.07, 6.45) is 4.90. The maximum Gasteiger partial charge on any atom is 0.243 e. The maximum absolute atomic E-state index is 12.1. The number of anilines is 1. The van der Waals surface area contributed by atoms with E-state index in [4.69, 9.17) is 4.74 Å². The van der Waals surface area contributed by atoms with Gasteiger partial charge in [-0.1, -0.05) is 19.1 Å². The van der Waals surface area contributed by atoms with Crippen LogP contribution in [0.3, 0.4) is 0 Å². The fourth-order valence-corrected chi connectivity index (χ4v) is 3.40. The zero-order valence-electron chi connectivity index (χ0n) is 14.3. The number of carbonyl (C=O) groups excluding carboxylic acids is 1. The molecule has 1 aromatic carbocycles. The number of fused-ring (bicyclic) bond motifs is 2. The van der Waals surface area contributed by atoms with Crippen molar-refractivity contribution in [2.45, 2.75) is 50.9 Å². The van der Waals surface area contributed by atoms with Crippen molar-refractivity contribution in [3.05, 3.63) is 29.8 Å². The van der Waals surface area contributed by atoms with Gasteiger partial charge in [0.25, 0.3) is 0 Å². The number of amides is 1. The van der Waals surface area contributed by atoms with E-state index >= 15 is 0 Å². The Hall–Kier alpha value is -2.08. The van der Waals surface area contributed by atoms with E-state index in [1.165, 1.54) is 5.56 Å². The number of hydrogen-bond acceptors (Lipinski definition) is 3. The van der Waals surface area contributed by atoms with Crippen LogP contribution >= 0.6 is 0 Å². The van der Waals surface area contributed by atoms with Crippen molar-refractivity contribution in [1.82, 2.24) is 10.6 Å². The summed E-state index contributed by atoms with van der Waals surface area (Å²) in [6, 6.07) is 8.20. The van der Waals surface area contributed by atoms with Crippen molar-refractivity contribution < 1.29 is 9.53 Å². The van der Waals surface area contributed by atoms with Crippen LogP contribution in [0.15, 0.2) is 29.3 Å². The average molecular weight is 330 g/mol. The summed E-state index contributed by atoms with van der Waals surface area (Å²) in [7, 11) is 1.71. The summed E-state index contributed by atoms with van der Waals surface area (Å²) >= 11 is 0. The van der Waals surface area contributed by atoms with Crippen molar-refractivity contribution in [2.75, 3.05) is 18.9 Å². The maximum atomic E-state index is 12.1. The van der Waals surface area contributed by atoms with E-state index < -0.39 is 0 Å². The molecule has 0 aliphatic carbocycles. The van der Waals surface area contributed by atoms with E-state index in [2.05, 4.69) is 33.9 Å². The monoisotopic (exact) mass is 330 g/mol. The van der Waals surface area contributed by atoms with Gasteiger partial charge in [-0.15, -0.1) is 0 Å². The van der Waals surface area contributed by atoms with Crippen molar-refractivity contribution >= 4 is 17.6 Å². The quantitative estimate of drug-likeness (QED) is 0.567. The van der Waals surface area contributed by atoms with E-state index in [-0.39, 0.29) is 18.6 Å². The third-order valence-electron chi connectivity index (χ3n) is 4.69. The Morgan fingerprint density at radius 2 is 2.25 bits per heavy atom. The molecule has 2 aliphatic rings. The molecule has 6 nitrogen and oxygen atoms in total. The number of benzene rings is 1. The SMILES string of the molecule is CCc1cccc(NC(=O)CNC(=NC)NC2CC3CCC2O3)c1. The van der Waals surface area contributed by atoms with Crippen LogP contribution in [0.4, 0.5) is 5.69 Å². The largest absolute Gasteiger partial charge is 0.373 e. The molecule has 3 atom stereocenters. The highest BCUT2D eigenvalue weighted by Gasteiger charge is 2.41. The van der Waals surface area contributed by atoms with Gasteiger partial charge in [-0.05, 0) is 43.4 Å². The van der Waals surface area contributed by atoms with Crippen LogP contribution in [0.25, 0.3) is 0 Å². The van der Waals surface area contributed by atoms with Crippen LogP contribution in [-0.2, 0) is 16.0 Å². The van der Waals surface area contributed by atoms with Crippen LogP contribution in [0.5, 0.6) is 0 Å². The molecule has 2 bridgehead atoms. The molecule has 2 aliphatic heterocycles. The predicted octanol–water partition coefficient (Wildman–Crippen LogP) is 1.67. The summed E-state index contributed by atoms with van der Waals surface area (Å²) in [5, 5.41) is 9.35. The Morgan fingerprint density at radius 3 is 2.92 bits per heavy atom. The Bertz CT molecular complexity index is 617. The molecule has 2 heterocycles. The standard InChI is InChI=1S/C18H26N4O2/c1-3-12-5-4-6-13(9-12)21-17(23)11-20-18(19-2)22-15-10-14-7-8-16(15)24-14/h4-6,9,14-16H,3,7-8,10-11H2,1-2H3,(H,21,23)(H2,19,20,22). The van der Waals surface area contributed by atoms with Crippen molar-refractivity contribution in [3.8, 4) is 0 Å². The first-order chi connectivity index (χ1) is 11.7. The average Bonchev–Trinajstić information content (AvgIpc) is 3.21. The van der Waals surface area contributed by atoms with Crippen LogP contribution in [-0.4, -0.2) is 43.7 Å². The molecule has 3 unspecified atom stereocenters. The number of ether oxygens (including phenoxy) is 1. The number of carbonyl (C=O) groups is 1. The van der Waals surface area contributed by atoms with Gasteiger partial charge in [0.1, 0.15) is 0 Å². The van der Waals surface area contributed by atoms with E-state index in [9.17, 15) is 4.79 Å². The molecular formula is C18H26N4O2. The van der Waals surface area contributed by atoms with E-state index in [0.29, 0.717) is 18.1 Å². The molecule has 0 saturated carbocycles. The Morgan fingerprint density at radius 1 is 1.38 bits per heavy atom. The van der Waals surface area contributed by atoms with Crippen molar-refractivity contribution in [1.29, 1.82) is 0 Å². The van der Waals surface area contributed by atoms with E-state index in [1.807, 2.05) is 18.2 Å². The highest BCUT2D eigenvalue weighted by molar-refractivity contribution is 5.95. The molecule has 0 radical (unpaired) electrons. The van der Waals surface area contributed by atoms with Gasteiger partial charge in [0.05, 0.1) is 24.8 Å². The lowest BCUT2D eigenvalue weighted by Gasteiger charge is -2.22. The molecule has 6 heteroatoms. The molecule has 24 heavy (non-hydrogen) atoms. The first-order valence-corrected chi connectivity index (χ1v) is 8.69. The number of rotatable bonds is 5. The predicted molar refractivity (Wildman–Crippen MR) is 95.2 cm³/mol. The molecule has 1 aromatic rings. The fraction of sp³-hybridized carbons (Fsp3) is 0.556. The second-order valence-corrected chi connectivity index (χ2v) is 6.39. The number of guanidine groups is 1. The summed E-state index contributed by atoms with van der Waals surface area (Å²) in [6.45, 7) is 2.27. The minimum Gasteiger partial charge on any atom is -0.373 e. The molecule has 3 rings (SSSR count). The lowest BCUT2D eigenvalue weighted by atomic mass is 9.96. The highest BCUT2D eigenvalue weighted by Crippen LogP contribution is 2.34. The summed E-state index contributed by atoms with van der Waals surface area (Å²) in [4.78, 5) is 16.3. The van der Waals surface area contributed by atoms with Gasteiger partial charge in [0, 0.05) is 12.7 Å². The molecule has 0 spiro atoms. The molecular weight excluding hydrogens is 304 g/mol. The van der Waals surface area contributed by atoms with Gasteiger partial charge >= 0.3 is 0 Å². The van der Waals surface area contributed by atoms with Crippen molar-refractivity contribution in [3.63, 3.8) is 0 Å². The molecule has 2 saturated heterocycles. The van der Waals surface area contributed by atoms with Gasteiger partial charge in [0.2, 0.25) is 5.91 Å². The van der Waals surface area contributed by atoms with Crippen LogP contribution < -0.4 is 16.0 Å². The van der Waals surface area contributed by atoms with Gasteiger partial charge in [-0.3, -0.25) is 9.79 Å². The smallest absolute Gasteiger partial charge is 0.243 e. The Balaban J connectivity index is 1.45. The molecule has 130 valence electrons. The minimum atomic E-state index is -0.0876. The van der Waals surface area contributed by atoms with Crippen molar-refractivity contribution in [2.24, 2.45) is 4.99 Å². The molecule has 2 fully saturated rings. The topological polar surface area (TPSA) is 74.8 Å². The number of nitrogens with one attached hydrogen (secondary N) is 3. The summed E-state index contributed by atoms with van der Waals surface area (Å²) in [5.74, 6) is 0.559. The molecule has 3 N–H and O–H groups in total. The van der Waals surface area contributed by atoms with E-state index in [0.717, 1.165) is 31.4 Å².